The highest BCUT2D eigenvalue weighted by Gasteiger charge is 2.43. The van der Waals surface area contributed by atoms with Gasteiger partial charge in [0.1, 0.15) is 30.2 Å². The summed E-state index contributed by atoms with van der Waals surface area (Å²) in [5, 5.41) is 28.9. The first kappa shape index (κ1) is 12.7. The number of aliphatic hydroxyl groups excluding tert-OH is 3. The van der Waals surface area contributed by atoms with Gasteiger partial charge in [-0.2, -0.15) is 0 Å². The maximum atomic E-state index is 9.95. The van der Waals surface area contributed by atoms with Gasteiger partial charge in [-0.15, -0.1) is 0 Å². The molecule has 2 aromatic rings. The van der Waals surface area contributed by atoms with Crippen LogP contribution >= 0.6 is 11.6 Å². The lowest BCUT2D eigenvalue weighted by Gasteiger charge is -2.16. The number of aromatic nitrogens is 4. The molecule has 1 aliphatic rings. The summed E-state index contributed by atoms with van der Waals surface area (Å²) in [6.07, 6.45) is -1.44. The molecule has 0 unspecified atom stereocenters. The van der Waals surface area contributed by atoms with E-state index in [1.54, 1.807) is 0 Å². The van der Waals surface area contributed by atoms with Crippen LogP contribution in [0.25, 0.3) is 11.2 Å². The standard InChI is InChI=1S/C10H11ClN4O4/c11-8-5-9(13-2-12-8)15(3-14-5)10-7(18)6(17)4(1-16)19-10/h2-4,6-7,10,16-18H,1H2/t4-,6-,7-,10+/m0/s1. The smallest absolute Gasteiger partial charge is 0.167 e. The van der Waals surface area contributed by atoms with E-state index in [-0.39, 0.29) is 5.15 Å². The summed E-state index contributed by atoms with van der Waals surface area (Å²) in [5.74, 6) is 0. The van der Waals surface area contributed by atoms with Crippen molar-refractivity contribution in [2.24, 2.45) is 0 Å². The van der Waals surface area contributed by atoms with E-state index >= 15 is 0 Å². The number of hydrogen-bond donors (Lipinski definition) is 3. The molecular formula is C10H11ClN4O4. The fourth-order valence-corrected chi connectivity index (χ4v) is 2.30. The Morgan fingerprint density at radius 2 is 2.05 bits per heavy atom. The summed E-state index contributed by atoms with van der Waals surface area (Å²) < 4.78 is 6.85. The predicted octanol–water partition coefficient (Wildman–Crippen LogP) is -0.909. The van der Waals surface area contributed by atoms with Crippen molar-refractivity contribution in [3.8, 4) is 0 Å². The molecular weight excluding hydrogens is 276 g/mol. The number of aliphatic hydroxyl groups is 3. The second-order valence-electron chi connectivity index (χ2n) is 4.22. The largest absolute Gasteiger partial charge is 0.394 e. The molecule has 8 nitrogen and oxygen atoms in total. The molecule has 0 saturated carbocycles. The first-order valence-corrected chi connectivity index (χ1v) is 5.96. The summed E-state index contributed by atoms with van der Waals surface area (Å²) in [5.41, 5.74) is 0.761. The summed E-state index contributed by atoms with van der Waals surface area (Å²) in [6.45, 7) is -0.392. The highest BCUT2D eigenvalue weighted by Crippen LogP contribution is 2.31. The summed E-state index contributed by atoms with van der Waals surface area (Å²) in [6, 6.07) is 0. The van der Waals surface area contributed by atoms with Crippen LogP contribution in [0, 0.1) is 0 Å². The molecule has 2 aromatic heterocycles. The molecule has 0 spiro atoms. The molecule has 3 N–H and O–H groups in total. The lowest BCUT2D eigenvalue weighted by atomic mass is 10.1. The zero-order valence-electron chi connectivity index (χ0n) is 9.59. The summed E-state index contributed by atoms with van der Waals surface area (Å²) in [4.78, 5) is 11.9. The van der Waals surface area contributed by atoms with Gasteiger partial charge in [-0.3, -0.25) is 4.57 Å². The van der Waals surface area contributed by atoms with Crippen LogP contribution in [-0.2, 0) is 4.74 Å². The molecule has 1 aliphatic heterocycles. The molecule has 1 fully saturated rings. The van der Waals surface area contributed by atoms with Gasteiger partial charge in [0.25, 0.3) is 0 Å². The lowest BCUT2D eigenvalue weighted by Crippen LogP contribution is -2.33. The lowest BCUT2D eigenvalue weighted by molar-refractivity contribution is -0.0511. The normalized spacial score (nSPS) is 31.2. The Morgan fingerprint density at radius 1 is 1.26 bits per heavy atom. The molecule has 0 amide bonds. The number of halogens is 1. The highest BCUT2D eigenvalue weighted by atomic mass is 35.5. The molecule has 4 atom stereocenters. The first-order chi connectivity index (χ1) is 9.13. The number of fused-ring (bicyclic) bond motifs is 1. The Labute approximate surface area is 112 Å². The topological polar surface area (TPSA) is 114 Å². The average molecular weight is 287 g/mol. The number of hydrogen-bond acceptors (Lipinski definition) is 7. The van der Waals surface area contributed by atoms with Gasteiger partial charge in [-0.05, 0) is 0 Å². The van der Waals surface area contributed by atoms with Crippen molar-refractivity contribution in [3.05, 3.63) is 17.8 Å². The number of ether oxygens (including phenoxy) is 1. The van der Waals surface area contributed by atoms with E-state index in [0.717, 1.165) is 0 Å². The van der Waals surface area contributed by atoms with E-state index in [1.165, 1.54) is 17.2 Å². The molecule has 0 aliphatic carbocycles. The fourth-order valence-electron chi connectivity index (χ4n) is 2.12. The Bertz CT molecular complexity index is 606. The van der Waals surface area contributed by atoms with Gasteiger partial charge in [-0.1, -0.05) is 11.6 Å². The van der Waals surface area contributed by atoms with E-state index in [9.17, 15) is 10.2 Å². The predicted molar refractivity (Wildman–Crippen MR) is 63.3 cm³/mol. The van der Waals surface area contributed by atoms with Gasteiger partial charge in [0.05, 0.1) is 12.9 Å². The quantitative estimate of drug-likeness (QED) is 0.613. The Morgan fingerprint density at radius 3 is 2.74 bits per heavy atom. The second kappa shape index (κ2) is 4.66. The zero-order chi connectivity index (χ0) is 13.6. The Balaban J connectivity index is 2.04. The molecule has 0 bridgehead atoms. The van der Waals surface area contributed by atoms with Crippen molar-refractivity contribution in [3.63, 3.8) is 0 Å². The van der Waals surface area contributed by atoms with Crippen molar-refractivity contribution in [1.29, 1.82) is 0 Å². The van der Waals surface area contributed by atoms with Gasteiger partial charge < -0.3 is 20.1 Å². The van der Waals surface area contributed by atoms with E-state index in [0.29, 0.717) is 11.2 Å². The molecule has 0 aromatic carbocycles. The van der Waals surface area contributed by atoms with Crippen LogP contribution in [0.1, 0.15) is 6.23 Å². The minimum atomic E-state index is -1.19. The van der Waals surface area contributed by atoms with Gasteiger partial charge in [0, 0.05) is 0 Å². The van der Waals surface area contributed by atoms with Crippen molar-refractivity contribution in [1.82, 2.24) is 19.5 Å². The molecule has 9 heteroatoms. The van der Waals surface area contributed by atoms with Crippen LogP contribution in [0.3, 0.4) is 0 Å². The van der Waals surface area contributed by atoms with Crippen LogP contribution in [0.5, 0.6) is 0 Å². The minimum absolute atomic E-state index is 0.190. The minimum Gasteiger partial charge on any atom is -0.394 e. The van der Waals surface area contributed by atoms with Gasteiger partial charge in [0.15, 0.2) is 17.0 Å². The van der Waals surface area contributed by atoms with E-state index in [1.807, 2.05) is 0 Å². The Hall–Kier alpha value is -1.32. The van der Waals surface area contributed by atoms with E-state index in [4.69, 9.17) is 21.4 Å². The van der Waals surface area contributed by atoms with Crippen LogP contribution < -0.4 is 0 Å². The van der Waals surface area contributed by atoms with Gasteiger partial charge >= 0.3 is 0 Å². The number of imidazole rings is 1. The van der Waals surface area contributed by atoms with Crippen LogP contribution in [-0.4, -0.2) is 59.8 Å². The molecule has 0 radical (unpaired) electrons. The molecule has 102 valence electrons. The van der Waals surface area contributed by atoms with Crippen molar-refractivity contribution in [2.75, 3.05) is 6.61 Å². The van der Waals surface area contributed by atoms with Crippen molar-refractivity contribution >= 4 is 22.8 Å². The molecule has 3 rings (SSSR count). The van der Waals surface area contributed by atoms with E-state index < -0.39 is 31.1 Å². The number of rotatable bonds is 2. The van der Waals surface area contributed by atoms with Crippen molar-refractivity contribution < 1.29 is 20.1 Å². The van der Waals surface area contributed by atoms with Gasteiger partial charge in [0.2, 0.25) is 0 Å². The number of nitrogens with zero attached hydrogens (tertiary/aromatic N) is 4. The third-order valence-electron chi connectivity index (χ3n) is 3.11. The third-order valence-corrected chi connectivity index (χ3v) is 3.38. The average Bonchev–Trinajstić information content (AvgIpc) is 2.94. The first-order valence-electron chi connectivity index (χ1n) is 5.59. The monoisotopic (exact) mass is 286 g/mol. The molecule has 3 heterocycles. The SMILES string of the molecule is OC[C@@H]1O[C@@H](n2cnc3c(Cl)ncnc32)[C@@H](O)[C@H]1O. The van der Waals surface area contributed by atoms with Crippen LogP contribution in [0.15, 0.2) is 12.7 Å². The van der Waals surface area contributed by atoms with E-state index in [2.05, 4.69) is 15.0 Å². The molecule has 1 saturated heterocycles. The van der Waals surface area contributed by atoms with Crippen molar-refractivity contribution in [2.45, 2.75) is 24.5 Å². The second-order valence-corrected chi connectivity index (χ2v) is 4.58. The Kier molecular flexibility index (Phi) is 3.11. The third kappa shape index (κ3) is 1.88. The van der Waals surface area contributed by atoms with Gasteiger partial charge in [-0.25, -0.2) is 15.0 Å². The maximum Gasteiger partial charge on any atom is 0.167 e. The fraction of sp³-hybridized carbons (Fsp3) is 0.500. The molecule has 19 heavy (non-hydrogen) atoms. The maximum absolute atomic E-state index is 9.95. The summed E-state index contributed by atoms with van der Waals surface area (Å²) in [7, 11) is 0. The zero-order valence-corrected chi connectivity index (χ0v) is 10.3. The highest BCUT2D eigenvalue weighted by molar-refractivity contribution is 6.33. The van der Waals surface area contributed by atoms with Crippen LogP contribution in [0.4, 0.5) is 0 Å². The summed E-state index contributed by atoms with van der Waals surface area (Å²) >= 11 is 5.88. The van der Waals surface area contributed by atoms with Crippen LogP contribution in [0.2, 0.25) is 5.15 Å².